The van der Waals surface area contributed by atoms with Crippen LogP contribution in [-0.4, -0.2) is 11.5 Å². The molecule has 0 aliphatic heterocycles. The Balaban J connectivity index is 2.29. The van der Waals surface area contributed by atoms with Gasteiger partial charge in [-0.15, -0.1) is 13.2 Å². The van der Waals surface area contributed by atoms with E-state index in [1.54, 1.807) is 0 Å². The summed E-state index contributed by atoms with van der Waals surface area (Å²) in [7, 11) is 0. The monoisotopic (exact) mass is 335 g/mol. The van der Waals surface area contributed by atoms with E-state index in [0.717, 1.165) is 18.2 Å². The third-order valence-electron chi connectivity index (χ3n) is 2.87. The number of rotatable bonds is 3. The maximum Gasteiger partial charge on any atom is 0.573 e. The summed E-state index contributed by atoms with van der Waals surface area (Å²) in [5, 5.41) is 9.71. The lowest BCUT2D eigenvalue weighted by Crippen LogP contribution is -2.17. The second-order valence-corrected chi connectivity index (χ2v) is 4.86. The lowest BCUT2D eigenvalue weighted by molar-refractivity contribution is -0.274. The molecule has 0 saturated heterocycles. The van der Waals surface area contributed by atoms with Crippen LogP contribution in [0.3, 0.4) is 0 Å². The molecular weight excluding hydrogens is 326 g/mol. The molecule has 0 aliphatic rings. The third-order valence-corrected chi connectivity index (χ3v) is 3.08. The molecule has 0 radical (unpaired) electrons. The lowest BCUT2D eigenvalue weighted by Gasteiger charge is -2.16. The van der Waals surface area contributed by atoms with E-state index < -0.39 is 29.7 Å². The van der Waals surface area contributed by atoms with E-state index in [2.05, 4.69) is 4.74 Å². The molecule has 0 saturated carbocycles. The van der Waals surface area contributed by atoms with E-state index in [1.807, 2.05) is 0 Å². The van der Waals surface area contributed by atoms with Gasteiger partial charge in [-0.1, -0.05) is 23.7 Å². The second kappa shape index (κ2) is 6.02. The third kappa shape index (κ3) is 3.80. The fourth-order valence-electron chi connectivity index (χ4n) is 1.88. The van der Waals surface area contributed by atoms with Crippen molar-refractivity contribution in [1.82, 2.24) is 0 Å². The van der Waals surface area contributed by atoms with Crippen molar-refractivity contribution >= 4 is 11.6 Å². The summed E-state index contributed by atoms with van der Waals surface area (Å²) in [5.41, 5.74) is 6.26. The van der Waals surface area contributed by atoms with Crippen molar-refractivity contribution in [3.63, 3.8) is 0 Å². The Morgan fingerprint density at radius 1 is 1.14 bits per heavy atom. The zero-order valence-electron chi connectivity index (χ0n) is 10.9. The largest absolute Gasteiger partial charge is 0.573 e. The van der Waals surface area contributed by atoms with E-state index in [0.29, 0.717) is 5.56 Å². The highest BCUT2D eigenvalue weighted by Gasteiger charge is 2.31. The summed E-state index contributed by atoms with van der Waals surface area (Å²) in [6.45, 7) is 0. The van der Waals surface area contributed by atoms with Gasteiger partial charge in [0.25, 0.3) is 0 Å². The van der Waals surface area contributed by atoms with E-state index in [-0.39, 0.29) is 10.6 Å². The molecule has 3 N–H and O–H groups in total. The van der Waals surface area contributed by atoms with E-state index in [9.17, 15) is 22.7 Å². The Kier molecular flexibility index (Phi) is 4.48. The van der Waals surface area contributed by atoms with Crippen molar-refractivity contribution in [2.45, 2.75) is 12.4 Å². The van der Waals surface area contributed by atoms with Crippen LogP contribution < -0.4 is 10.5 Å². The van der Waals surface area contributed by atoms with Gasteiger partial charge in [-0.25, -0.2) is 4.39 Å². The minimum atomic E-state index is -4.79. The number of hydrogen-bond donors (Lipinski definition) is 2. The topological polar surface area (TPSA) is 55.5 Å². The molecule has 2 aromatic carbocycles. The predicted molar refractivity (Wildman–Crippen MR) is 72.2 cm³/mol. The fourth-order valence-corrected chi connectivity index (χ4v) is 2.09. The first kappa shape index (κ1) is 16.4. The highest BCUT2D eigenvalue weighted by atomic mass is 35.5. The number of phenolic OH excluding ortho intramolecular Hbond substituents is 1. The smallest absolute Gasteiger partial charge is 0.505 e. The van der Waals surface area contributed by atoms with Crippen LogP contribution in [-0.2, 0) is 0 Å². The van der Waals surface area contributed by atoms with Crippen LogP contribution in [0.25, 0.3) is 0 Å². The normalized spacial score (nSPS) is 13.0. The zero-order chi connectivity index (χ0) is 16.5. The quantitative estimate of drug-likeness (QED) is 0.829. The number of benzene rings is 2. The summed E-state index contributed by atoms with van der Waals surface area (Å²) in [6, 6.07) is 5.95. The minimum absolute atomic E-state index is 0.0227. The van der Waals surface area contributed by atoms with Crippen molar-refractivity contribution in [2.75, 3.05) is 0 Å². The second-order valence-electron chi connectivity index (χ2n) is 4.42. The van der Waals surface area contributed by atoms with Crippen LogP contribution in [0.5, 0.6) is 11.5 Å². The SMILES string of the molecule is N[C@@H](c1ccc(OC(F)(F)F)cc1)c1cc(Cl)cc(F)c1O. The lowest BCUT2D eigenvalue weighted by atomic mass is 9.98. The van der Waals surface area contributed by atoms with Gasteiger partial charge >= 0.3 is 6.36 Å². The first-order chi connectivity index (χ1) is 10.2. The van der Waals surface area contributed by atoms with E-state index >= 15 is 0 Å². The average Bonchev–Trinajstić information content (AvgIpc) is 2.41. The van der Waals surface area contributed by atoms with E-state index in [1.165, 1.54) is 18.2 Å². The Hall–Kier alpha value is -1.99. The van der Waals surface area contributed by atoms with Crippen LogP contribution in [0, 0.1) is 5.82 Å². The molecule has 0 bridgehead atoms. The minimum Gasteiger partial charge on any atom is -0.505 e. The molecule has 1 atom stereocenters. The van der Waals surface area contributed by atoms with Crippen molar-refractivity contribution < 1.29 is 27.4 Å². The summed E-state index contributed by atoms with van der Waals surface area (Å²) in [6.07, 6.45) is -4.79. The van der Waals surface area contributed by atoms with Crippen molar-refractivity contribution in [3.8, 4) is 11.5 Å². The molecule has 3 nitrogen and oxygen atoms in total. The molecule has 0 aromatic heterocycles. The van der Waals surface area contributed by atoms with Crippen LogP contribution in [0.4, 0.5) is 17.6 Å². The molecule has 0 spiro atoms. The standard InChI is InChI=1S/C14H10ClF4NO2/c15-8-5-10(13(21)11(16)6-8)12(20)7-1-3-9(4-2-7)22-14(17,18)19/h1-6,12,21H,20H2/t12-/m0/s1. The number of nitrogens with two attached hydrogens (primary N) is 1. The summed E-state index contributed by atoms with van der Waals surface area (Å²) < 4.78 is 53.4. The average molecular weight is 336 g/mol. The van der Waals surface area contributed by atoms with Gasteiger partial charge < -0.3 is 15.6 Å². The van der Waals surface area contributed by atoms with Crippen molar-refractivity contribution in [3.05, 3.63) is 58.4 Å². The molecule has 0 unspecified atom stereocenters. The molecular formula is C14H10ClF4NO2. The number of phenols is 1. The molecule has 8 heteroatoms. The maximum absolute atomic E-state index is 13.4. The maximum atomic E-state index is 13.4. The number of aromatic hydroxyl groups is 1. The van der Waals surface area contributed by atoms with Gasteiger partial charge in [0, 0.05) is 10.6 Å². The molecule has 0 aliphatic carbocycles. The highest BCUT2D eigenvalue weighted by molar-refractivity contribution is 6.30. The van der Waals surface area contributed by atoms with Gasteiger partial charge in [0.05, 0.1) is 6.04 Å². The number of halogens is 5. The molecule has 0 amide bonds. The van der Waals surface area contributed by atoms with Gasteiger partial charge in [0.15, 0.2) is 11.6 Å². The Bertz CT molecular complexity index is 674. The summed E-state index contributed by atoms with van der Waals surface area (Å²) in [4.78, 5) is 0. The molecule has 22 heavy (non-hydrogen) atoms. The fraction of sp³-hybridized carbons (Fsp3) is 0.143. The van der Waals surface area contributed by atoms with Crippen LogP contribution in [0.15, 0.2) is 36.4 Å². The Morgan fingerprint density at radius 2 is 1.73 bits per heavy atom. The van der Waals surface area contributed by atoms with Crippen molar-refractivity contribution in [1.29, 1.82) is 0 Å². The molecule has 118 valence electrons. The van der Waals surface area contributed by atoms with Gasteiger partial charge in [-0.3, -0.25) is 0 Å². The number of ether oxygens (including phenoxy) is 1. The predicted octanol–water partition coefficient (Wildman–Crippen LogP) is 4.13. The first-order valence-electron chi connectivity index (χ1n) is 5.96. The van der Waals surface area contributed by atoms with Gasteiger partial charge in [-0.05, 0) is 29.8 Å². The molecule has 2 rings (SSSR count). The summed E-state index contributed by atoms with van der Waals surface area (Å²) in [5.74, 6) is -2.01. The molecule has 0 fully saturated rings. The van der Waals surface area contributed by atoms with Crippen LogP contribution >= 0.6 is 11.6 Å². The van der Waals surface area contributed by atoms with Gasteiger partial charge in [0.1, 0.15) is 5.75 Å². The zero-order valence-corrected chi connectivity index (χ0v) is 11.6. The Morgan fingerprint density at radius 3 is 2.27 bits per heavy atom. The number of hydrogen-bond acceptors (Lipinski definition) is 3. The van der Waals surface area contributed by atoms with Crippen LogP contribution in [0.2, 0.25) is 5.02 Å². The number of alkyl halides is 3. The van der Waals surface area contributed by atoms with E-state index in [4.69, 9.17) is 17.3 Å². The summed E-state index contributed by atoms with van der Waals surface area (Å²) >= 11 is 5.70. The van der Waals surface area contributed by atoms with Crippen molar-refractivity contribution in [2.24, 2.45) is 5.73 Å². The highest BCUT2D eigenvalue weighted by Crippen LogP contribution is 2.33. The first-order valence-corrected chi connectivity index (χ1v) is 6.34. The van der Waals surface area contributed by atoms with Gasteiger partial charge in [0.2, 0.25) is 0 Å². The Labute approximate surface area is 127 Å². The molecule has 2 aromatic rings. The van der Waals surface area contributed by atoms with Gasteiger partial charge in [-0.2, -0.15) is 0 Å². The molecule has 0 heterocycles. The van der Waals surface area contributed by atoms with Crippen LogP contribution in [0.1, 0.15) is 17.2 Å².